The lowest BCUT2D eigenvalue weighted by atomic mass is 9.45. The maximum atomic E-state index is 11.8. The fraction of sp³-hybridized carbons (Fsp3) is 0.947. The normalized spacial score (nSPS) is 48.6. The van der Waals surface area contributed by atoms with Crippen molar-refractivity contribution in [3.63, 3.8) is 0 Å². The van der Waals surface area contributed by atoms with Crippen LogP contribution in [-0.4, -0.2) is 11.6 Å². The molecule has 1 aliphatic heterocycles. The lowest BCUT2D eigenvalue weighted by molar-refractivity contribution is -0.166. The maximum absolute atomic E-state index is 11.8. The SMILES string of the molecule is CC.CC[C@@]1(C)CCC[C@@]2(C)C1CC[C@@]1(C)OC(=O)C[C@@H]12. The predicted octanol–water partition coefficient (Wildman–Crippen LogP) is 5.35. The summed E-state index contributed by atoms with van der Waals surface area (Å²) in [7, 11) is 0. The van der Waals surface area contributed by atoms with Gasteiger partial charge in [-0.2, -0.15) is 0 Å². The number of carbonyl (C=O) groups is 1. The molecule has 0 aromatic carbocycles. The highest BCUT2D eigenvalue weighted by Crippen LogP contribution is 2.65. The van der Waals surface area contributed by atoms with Crippen LogP contribution in [0.15, 0.2) is 0 Å². The second kappa shape index (κ2) is 5.59. The van der Waals surface area contributed by atoms with Gasteiger partial charge in [-0.3, -0.25) is 4.79 Å². The third-order valence-corrected chi connectivity index (χ3v) is 7.09. The van der Waals surface area contributed by atoms with Crippen LogP contribution in [0.1, 0.15) is 86.5 Å². The number of carbonyl (C=O) groups excluding carboxylic acids is 1. The third-order valence-electron chi connectivity index (χ3n) is 7.09. The van der Waals surface area contributed by atoms with Crippen molar-refractivity contribution in [2.45, 2.75) is 92.1 Å². The van der Waals surface area contributed by atoms with E-state index < -0.39 is 0 Å². The van der Waals surface area contributed by atoms with E-state index >= 15 is 0 Å². The molecule has 3 rings (SSSR count). The second-order valence-corrected chi connectivity index (χ2v) is 8.00. The minimum atomic E-state index is -0.172. The topological polar surface area (TPSA) is 26.3 Å². The zero-order valence-corrected chi connectivity index (χ0v) is 14.9. The van der Waals surface area contributed by atoms with Crippen LogP contribution in [0.2, 0.25) is 0 Å². The van der Waals surface area contributed by atoms with Crippen LogP contribution in [0, 0.1) is 22.7 Å². The van der Waals surface area contributed by atoms with Crippen molar-refractivity contribution in [3.8, 4) is 0 Å². The molecule has 122 valence electrons. The van der Waals surface area contributed by atoms with E-state index in [9.17, 15) is 4.79 Å². The van der Waals surface area contributed by atoms with E-state index in [2.05, 4.69) is 27.7 Å². The Hall–Kier alpha value is -0.530. The first kappa shape index (κ1) is 16.8. The summed E-state index contributed by atoms with van der Waals surface area (Å²) in [6, 6.07) is 0. The van der Waals surface area contributed by atoms with Crippen LogP contribution < -0.4 is 0 Å². The van der Waals surface area contributed by atoms with Crippen LogP contribution in [0.3, 0.4) is 0 Å². The molecule has 3 fully saturated rings. The highest BCUT2D eigenvalue weighted by molar-refractivity contribution is 5.73. The van der Waals surface area contributed by atoms with E-state index in [-0.39, 0.29) is 11.6 Å². The number of esters is 1. The van der Waals surface area contributed by atoms with Gasteiger partial charge in [-0.25, -0.2) is 0 Å². The van der Waals surface area contributed by atoms with Crippen molar-refractivity contribution >= 4 is 5.97 Å². The Labute approximate surface area is 131 Å². The highest BCUT2D eigenvalue weighted by Gasteiger charge is 2.63. The van der Waals surface area contributed by atoms with Gasteiger partial charge in [0.1, 0.15) is 5.60 Å². The standard InChI is InChI=1S/C17H28O2.C2H6/c1-5-15(2)8-6-9-16(3)12(15)7-10-17(4)13(16)11-14(18)19-17;1-2/h12-13H,5-11H2,1-4H3;1-2H3/t12?,13-,15+,16+,17-;/m1./s1. The van der Waals surface area contributed by atoms with Gasteiger partial charge in [0.15, 0.2) is 0 Å². The first-order chi connectivity index (χ1) is 9.84. The molecular formula is C19H34O2. The van der Waals surface area contributed by atoms with Crippen molar-refractivity contribution < 1.29 is 9.53 Å². The van der Waals surface area contributed by atoms with Crippen molar-refractivity contribution in [1.82, 2.24) is 0 Å². The molecular weight excluding hydrogens is 260 g/mol. The summed E-state index contributed by atoms with van der Waals surface area (Å²) < 4.78 is 5.73. The lowest BCUT2D eigenvalue weighted by Gasteiger charge is -2.60. The Balaban J connectivity index is 0.000000774. The van der Waals surface area contributed by atoms with Gasteiger partial charge in [0.05, 0.1) is 6.42 Å². The number of hydrogen-bond acceptors (Lipinski definition) is 2. The van der Waals surface area contributed by atoms with Gasteiger partial charge in [-0.15, -0.1) is 0 Å². The van der Waals surface area contributed by atoms with Crippen molar-refractivity contribution in [2.24, 2.45) is 22.7 Å². The zero-order valence-electron chi connectivity index (χ0n) is 14.9. The molecule has 1 unspecified atom stereocenters. The highest BCUT2D eigenvalue weighted by atomic mass is 16.6. The minimum Gasteiger partial charge on any atom is -0.459 e. The summed E-state index contributed by atoms with van der Waals surface area (Å²) in [5.41, 5.74) is 0.608. The maximum Gasteiger partial charge on any atom is 0.306 e. The number of hydrogen-bond donors (Lipinski definition) is 0. The van der Waals surface area contributed by atoms with E-state index in [0.29, 0.717) is 23.2 Å². The molecule has 0 amide bonds. The van der Waals surface area contributed by atoms with Gasteiger partial charge in [0.25, 0.3) is 0 Å². The average Bonchev–Trinajstić information content (AvgIpc) is 2.77. The monoisotopic (exact) mass is 294 g/mol. The number of rotatable bonds is 1. The van der Waals surface area contributed by atoms with E-state index in [4.69, 9.17) is 4.74 Å². The van der Waals surface area contributed by atoms with Crippen molar-refractivity contribution in [2.75, 3.05) is 0 Å². The summed E-state index contributed by atoms with van der Waals surface area (Å²) >= 11 is 0. The first-order valence-corrected chi connectivity index (χ1v) is 9.06. The molecule has 2 heteroatoms. The Bertz CT molecular complexity index is 404. The summed E-state index contributed by atoms with van der Waals surface area (Å²) in [6.07, 6.45) is 8.19. The molecule has 2 aliphatic carbocycles. The van der Waals surface area contributed by atoms with Gasteiger partial charge in [0.2, 0.25) is 0 Å². The quantitative estimate of drug-likeness (QED) is 0.609. The summed E-state index contributed by atoms with van der Waals surface area (Å²) in [5, 5.41) is 0. The van der Waals surface area contributed by atoms with Gasteiger partial charge >= 0.3 is 5.97 Å². The predicted molar refractivity (Wildman–Crippen MR) is 87.0 cm³/mol. The molecule has 1 heterocycles. The Morgan fingerprint density at radius 2 is 1.76 bits per heavy atom. The largest absolute Gasteiger partial charge is 0.459 e. The molecule has 0 N–H and O–H groups in total. The smallest absolute Gasteiger partial charge is 0.306 e. The van der Waals surface area contributed by atoms with Crippen molar-refractivity contribution in [1.29, 1.82) is 0 Å². The van der Waals surface area contributed by atoms with E-state index in [0.717, 1.165) is 12.3 Å². The molecule has 0 aromatic heterocycles. The van der Waals surface area contributed by atoms with Gasteiger partial charge < -0.3 is 4.74 Å². The zero-order chi connectivity index (χ0) is 15.9. The van der Waals surface area contributed by atoms with Crippen LogP contribution in [0.4, 0.5) is 0 Å². The molecule has 21 heavy (non-hydrogen) atoms. The molecule has 0 bridgehead atoms. The molecule has 5 atom stereocenters. The number of ether oxygens (including phenoxy) is 1. The summed E-state index contributed by atoms with van der Waals surface area (Å²) in [6.45, 7) is 13.5. The molecule has 1 saturated heterocycles. The molecule has 2 saturated carbocycles. The molecule has 3 aliphatic rings. The van der Waals surface area contributed by atoms with E-state index in [1.165, 1.54) is 32.1 Å². The molecule has 0 aromatic rings. The molecule has 0 radical (unpaired) electrons. The van der Waals surface area contributed by atoms with Crippen LogP contribution in [0.25, 0.3) is 0 Å². The Morgan fingerprint density at radius 3 is 2.38 bits per heavy atom. The van der Waals surface area contributed by atoms with Crippen molar-refractivity contribution in [3.05, 3.63) is 0 Å². The van der Waals surface area contributed by atoms with E-state index in [1.54, 1.807) is 0 Å². The van der Waals surface area contributed by atoms with Gasteiger partial charge in [-0.05, 0) is 49.4 Å². The first-order valence-electron chi connectivity index (χ1n) is 9.06. The van der Waals surface area contributed by atoms with Crippen LogP contribution in [0.5, 0.6) is 0 Å². The Morgan fingerprint density at radius 1 is 1.10 bits per heavy atom. The average molecular weight is 294 g/mol. The second-order valence-electron chi connectivity index (χ2n) is 8.00. The molecule has 0 spiro atoms. The van der Waals surface area contributed by atoms with Crippen LogP contribution in [-0.2, 0) is 9.53 Å². The summed E-state index contributed by atoms with van der Waals surface area (Å²) in [4.78, 5) is 11.8. The molecule has 2 nitrogen and oxygen atoms in total. The van der Waals surface area contributed by atoms with Gasteiger partial charge in [0, 0.05) is 5.92 Å². The van der Waals surface area contributed by atoms with Crippen LogP contribution >= 0.6 is 0 Å². The fourth-order valence-electron chi connectivity index (χ4n) is 5.88. The lowest BCUT2D eigenvalue weighted by Crippen LogP contribution is -2.56. The number of fused-ring (bicyclic) bond motifs is 3. The fourth-order valence-corrected chi connectivity index (χ4v) is 5.88. The van der Waals surface area contributed by atoms with E-state index in [1.807, 2.05) is 13.8 Å². The third kappa shape index (κ3) is 2.43. The Kier molecular flexibility index (Phi) is 4.48. The summed E-state index contributed by atoms with van der Waals surface area (Å²) in [5.74, 6) is 1.25. The van der Waals surface area contributed by atoms with Gasteiger partial charge in [-0.1, -0.05) is 47.5 Å². The minimum absolute atomic E-state index is 0.0400.